The standard InChI is InChI=1S/C69H119N11O13/c1-25-49-64(87)75(19)37-55(81)76(20)52(34-40(6)7)61(84)73-50(32-38(2)3)65(88)77(21)53(35-41(8)9)60(83)71-47(18)69(92)93-59(44(14)15)68(91)78(22)54(36-42(10)11)62(85)74-51(33-39(4)5)66(89)79(23)56(43(12)13)67(90)80(24)57(63(86)72-49)58(82)45(16)28-26-30-48-31-27-29-46(17)70-48/h27,29,31,38-45,47,49-54,56-59,82H,25-26,28,30,32-37H2,1-24H3,(H,71,83)(H,72,86)(H,73,84)(H,74,85)/t45-,47+,49+,50+,51-,52+,53+,54+,56+,57+,58-,59-/m1/s1. The third-order valence-corrected chi connectivity index (χ3v) is 17.3. The second-order valence-electron chi connectivity index (χ2n) is 28.9. The van der Waals surface area contributed by atoms with E-state index in [9.17, 15) is 43.5 Å². The minimum absolute atomic E-state index is 0.0102. The van der Waals surface area contributed by atoms with Gasteiger partial charge in [0.25, 0.3) is 5.91 Å². The monoisotopic (exact) mass is 1310 g/mol. The number of aryl methyl sites for hydroxylation is 2. The van der Waals surface area contributed by atoms with Gasteiger partial charge in [-0.25, -0.2) is 4.79 Å². The summed E-state index contributed by atoms with van der Waals surface area (Å²) in [5.41, 5.74) is 1.68. The molecule has 528 valence electrons. The van der Waals surface area contributed by atoms with E-state index in [4.69, 9.17) is 4.74 Å². The SMILES string of the molecule is CC[C@@H]1NC(=O)[C@H]([C@H](O)[C@H](C)CCCc2cccc(C)n2)N(C)C(=O)[C@H](C(C)C)N(C)C(=O)[C@@H](CC(C)C)NC(=O)[C@H](CC(C)C)N(C)C(=O)[C@@H](C(C)C)OC(=O)[C@H](C)NC(=O)[C@H](CC(C)C)N(C)C(=O)[C@H](CC(C)C)NC(=O)[C@H](CC(C)C)N(C)C(=O)CN(C)C1=O. The van der Waals surface area contributed by atoms with E-state index in [2.05, 4.69) is 26.3 Å². The summed E-state index contributed by atoms with van der Waals surface area (Å²) in [6.45, 7) is 31.5. The number of esters is 1. The Morgan fingerprint density at radius 1 is 0.516 bits per heavy atom. The molecule has 0 spiro atoms. The number of carbonyl (C=O) groups is 11. The van der Waals surface area contributed by atoms with Gasteiger partial charge in [0.05, 0.1) is 12.6 Å². The molecule has 1 aliphatic heterocycles. The minimum Gasteiger partial charge on any atom is -0.450 e. The minimum atomic E-state index is -1.64. The van der Waals surface area contributed by atoms with E-state index in [-0.39, 0.29) is 68.1 Å². The van der Waals surface area contributed by atoms with Crippen LogP contribution in [0.25, 0.3) is 0 Å². The first-order valence-electron chi connectivity index (χ1n) is 33.7. The van der Waals surface area contributed by atoms with Gasteiger partial charge in [-0.05, 0) is 131 Å². The van der Waals surface area contributed by atoms with Gasteiger partial charge in [0.2, 0.25) is 53.2 Å². The molecule has 1 saturated heterocycles. The summed E-state index contributed by atoms with van der Waals surface area (Å²) in [5.74, 6) is -10.7. The molecule has 1 aliphatic rings. The van der Waals surface area contributed by atoms with Crippen LogP contribution >= 0.6 is 0 Å². The third-order valence-electron chi connectivity index (χ3n) is 17.3. The average Bonchev–Trinajstić information content (AvgIpc) is 0.825. The number of aliphatic hydroxyl groups excluding tert-OH is 1. The first-order chi connectivity index (χ1) is 43.1. The number of aliphatic hydroxyl groups is 1. The maximum Gasteiger partial charge on any atom is 0.329 e. The Labute approximate surface area is 555 Å². The molecule has 12 atom stereocenters. The molecule has 1 aromatic rings. The highest BCUT2D eigenvalue weighted by Gasteiger charge is 2.45. The summed E-state index contributed by atoms with van der Waals surface area (Å²) in [6.07, 6.45) is -0.839. The molecule has 0 bridgehead atoms. The molecule has 5 N–H and O–H groups in total. The Hall–Kier alpha value is -6.72. The van der Waals surface area contributed by atoms with Crippen molar-refractivity contribution >= 4 is 65.0 Å². The molecule has 1 aromatic heterocycles. The largest absolute Gasteiger partial charge is 0.450 e. The van der Waals surface area contributed by atoms with Crippen molar-refractivity contribution in [2.24, 2.45) is 47.3 Å². The second kappa shape index (κ2) is 38.0. The molecule has 24 heteroatoms. The highest BCUT2D eigenvalue weighted by Crippen LogP contribution is 2.26. The molecule has 93 heavy (non-hydrogen) atoms. The molecule has 2 rings (SSSR count). The summed E-state index contributed by atoms with van der Waals surface area (Å²) >= 11 is 0. The Kier molecular flexibility index (Phi) is 33.6. The maximum absolute atomic E-state index is 15.3. The Bertz CT molecular complexity index is 2680. The summed E-state index contributed by atoms with van der Waals surface area (Å²) < 4.78 is 5.92. The lowest BCUT2D eigenvalue weighted by atomic mass is 9.90. The van der Waals surface area contributed by atoms with E-state index < -0.39 is 156 Å². The van der Waals surface area contributed by atoms with Crippen LogP contribution in [0.4, 0.5) is 0 Å². The predicted octanol–water partition coefficient (Wildman–Crippen LogP) is 5.14. The van der Waals surface area contributed by atoms with Gasteiger partial charge in [0.15, 0.2) is 6.10 Å². The summed E-state index contributed by atoms with van der Waals surface area (Å²) in [6, 6.07) is -5.83. The van der Waals surface area contributed by atoms with E-state index in [0.29, 0.717) is 19.3 Å². The van der Waals surface area contributed by atoms with Gasteiger partial charge < -0.3 is 60.5 Å². The van der Waals surface area contributed by atoms with Crippen molar-refractivity contribution < 1.29 is 62.6 Å². The number of hydrogen-bond acceptors (Lipinski definition) is 14. The number of ether oxygens (including phenoxy) is 1. The zero-order chi connectivity index (χ0) is 71.4. The first-order valence-corrected chi connectivity index (χ1v) is 33.7. The number of carbonyl (C=O) groups excluding carboxylic acids is 11. The average molecular weight is 1310 g/mol. The Balaban J connectivity index is 3.00. The number of rotatable bonds is 19. The van der Waals surface area contributed by atoms with Gasteiger partial charge in [0.1, 0.15) is 54.4 Å². The quantitative estimate of drug-likeness (QED) is 0.112. The fourth-order valence-corrected chi connectivity index (χ4v) is 11.8. The number of likely N-dealkylation sites (N-methyl/N-ethyl adjacent to an activating group) is 6. The van der Waals surface area contributed by atoms with Gasteiger partial charge in [-0.2, -0.15) is 0 Å². The van der Waals surface area contributed by atoms with E-state index in [1.165, 1.54) is 68.8 Å². The molecule has 0 radical (unpaired) electrons. The second-order valence-corrected chi connectivity index (χ2v) is 28.9. The zero-order valence-electron chi connectivity index (χ0n) is 60.7. The fourth-order valence-electron chi connectivity index (χ4n) is 11.8. The number of hydrogen-bond donors (Lipinski definition) is 5. The van der Waals surface area contributed by atoms with Crippen LogP contribution in [0.15, 0.2) is 18.2 Å². The highest BCUT2D eigenvalue weighted by atomic mass is 16.6. The molecule has 1 fully saturated rings. The summed E-state index contributed by atoms with van der Waals surface area (Å²) in [5, 5.41) is 23.7. The molecule has 2 heterocycles. The van der Waals surface area contributed by atoms with E-state index in [0.717, 1.165) is 21.2 Å². The van der Waals surface area contributed by atoms with E-state index >= 15 is 14.4 Å². The molecule has 10 amide bonds. The van der Waals surface area contributed by atoms with Crippen molar-refractivity contribution in [1.29, 1.82) is 0 Å². The van der Waals surface area contributed by atoms with Crippen LogP contribution in [-0.2, 0) is 63.9 Å². The molecular weight excluding hydrogens is 1190 g/mol. The molecule has 24 nitrogen and oxygen atoms in total. The molecule has 0 aromatic carbocycles. The van der Waals surface area contributed by atoms with Gasteiger partial charge in [-0.3, -0.25) is 52.9 Å². The van der Waals surface area contributed by atoms with Crippen LogP contribution in [0.1, 0.15) is 180 Å². The number of aromatic nitrogens is 1. The lowest BCUT2D eigenvalue weighted by Crippen LogP contribution is -2.63. The summed E-state index contributed by atoms with van der Waals surface area (Å²) in [7, 11) is 8.43. The smallest absolute Gasteiger partial charge is 0.329 e. The van der Waals surface area contributed by atoms with Crippen molar-refractivity contribution in [3.8, 4) is 0 Å². The number of nitrogens with one attached hydrogen (secondary N) is 4. The molecule has 0 aliphatic carbocycles. The predicted molar refractivity (Wildman–Crippen MR) is 358 cm³/mol. The maximum atomic E-state index is 15.3. The molecular formula is C69H119N11O13. The Morgan fingerprint density at radius 2 is 0.946 bits per heavy atom. The summed E-state index contributed by atoms with van der Waals surface area (Å²) in [4.78, 5) is 174. The molecule has 0 saturated carbocycles. The normalized spacial score (nSPS) is 25.4. The van der Waals surface area contributed by atoms with Crippen LogP contribution < -0.4 is 21.3 Å². The number of amides is 10. The fraction of sp³-hybridized carbons (Fsp3) is 0.768. The van der Waals surface area contributed by atoms with Crippen LogP contribution in [-0.4, -0.2) is 220 Å². The van der Waals surface area contributed by atoms with Crippen molar-refractivity contribution in [2.45, 2.75) is 249 Å². The van der Waals surface area contributed by atoms with E-state index in [1.807, 2.05) is 94.4 Å². The first kappa shape index (κ1) is 82.4. The van der Waals surface area contributed by atoms with Crippen LogP contribution in [0, 0.1) is 54.3 Å². The van der Waals surface area contributed by atoms with Gasteiger partial charge in [-0.1, -0.05) is 117 Å². The van der Waals surface area contributed by atoms with Crippen molar-refractivity contribution in [1.82, 2.24) is 55.7 Å². The lowest BCUT2D eigenvalue weighted by Gasteiger charge is -2.40. The van der Waals surface area contributed by atoms with E-state index in [1.54, 1.807) is 41.5 Å². The molecule has 0 unspecified atom stereocenters. The third kappa shape index (κ3) is 24.5. The van der Waals surface area contributed by atoms with Crippen molar-refractivity contribution in [3.63, 3.8) is 0 Å². The van der Waals surface area contributed by atoms with Gasteiger partial charge in [0, 0.05) is 53.7 Å². The van der Waals surface area contributed by atoms with Crippen LogP contribution in [0.5, 0.6) is 0 Å². The van der Waals surface area contributed by atoms with Gasteiger partial charge >= 0.3 is 5.97 Å². The van der Waals surface area contributed by atoms with Gasteiger partial charge in [-0.15, -0.1) is 0 Å². The topological polar surface area (TPSA) is 298 Å². The van der Waals surface area contributed by atoms with Crippen LogP contribution in [0.2, 0.25) is 0 Å². The highest BCUT2D eigenvalue weighted by molar-refractivity contribution is 5.99. The number of nitrogens with zero attached hydrogens (tertiary/aromatic N) is 7. The lowest BCUT2D eigenvalue weighted by molar-refractivity contribution is -0.166. The Morgan fingerprint density at radius 3 is 1.39 bits per heavy atom. The number of pyridine rings is 1. The van der Waals surface area contributed by atoms with Crippen LogP contribution in [0.3, 0.4) is 0 Å². The number of cyclic esters (lactones) is 1. The van der Waals surface area contributed by atoms with Crippen molar-refractivity contribution in [2.75, 3.05) is 48.8 Å². The van der Waals surface area contributed by atoms with Crippen molar-refractivity contribution in [3.05, 3.63) is 29.6 Å². The zero-order valence-corrected chi connectivity index (χ0v) is 60.7.